The fourth-order valence-electron chi connectivity index (χ4n) is 1.90. The van der Waals surface area contributed by atoms with Gasteiger partial charge in [0.2, 0.25) is 0 Å². The van der Waals surface area contributed by atoms with Crippen molar-refractivity contribution in [2.75, 3.05) is 6.61 Å². The Morgan fingerprint density at radius 3 is 2.70 bits per heavy atom. The topological polar surface area (TPSA) is 46.5 Å². The maximum Gasteiger partial charge on any atom is 0.336 e. The molecule has 0 heterocycles. The van der Waals surface area contributed by atoms with Gasteiger partial charge in [-0.05, 0) is 36.2 Å². The van der Waals surface area contributed by atoms with Gasteiger partial charge in [0, 0.05) is 0 Å². The molecule has 0 aromatic heterocycles. The molecule has 0 saturated heterocycles. The fourth-order valence-corrected chi connectivity index (χ4v) is 1.90. The Hall–Kier alpha value is -2.55. The van der Waals surface area contributed by atoms with Crippen LogP contribution in [-0.4, -0.2) is 17.7 Å². The van der Waals surface area contributed by atoms with Gasteiger partial charge in [0.25, 0.3) is 0 Å². The molecule has 0 aliphatic carbocycles. The molecule has 1 N–H and O–H groups in total. The quantitative estimate of drug-likeness (QED) is 0.835. The molecule has 3 heteroatoms. The summed E-state index contributed by atoms with van der Waals surface area (Å²) in [5.74, 6) is -0.116. The van der Waals surface area contributed by atoms with Crippen LogP contribution in [0, 0.1) is 0 Å². The van der Waals surface area contributed by atoms with Gasteiger partial charge in [-0.1, -0.05) is 42.5 Å². The second kappa shape index (κ2) is 6.57. The van der Waals surface area contributed by atoms with Crippen LogP contribution in [0.25, 0.3) is 12.2 Å². The molecule has 0 aliphatic rings. The maximum atomic E-state index is 11.1. The van der Waals surface area contributed by atoms with E-state index in [0.29, 0.717) is 17.7 Å². The van der Waals surface area contributed by atoms with E-state index in [9.17, 15) is 4.79 Å². The Morgan fingerprint density at radius 1 is 1.15 bits per heavy atom. The van der Waals surface area contributed by atoms with Crippen molar-refractivity contribution in [3.05, 3.63) is 65.2 Å². The van der Waals surface area contributed by atoms with Gasteiger partial charge in [0.1, 0.15) is 5.75 Å². The van der Waals surface area contributed by atoms with Crippen molar-refractivity contribution >= 4 is 18.1 Å². The minimum atomic E-state index is -0.923. The number of carbonyl (C=O) groups is 1. The van der Waals surface area contributed by atoms with Crippen LogP contribution in [0.2, 0.25) is 0 Å². The Balaban J connectivity index is 2.25. The summed E-state index contributed by atoms with van der Waals surface area (Å²) in [6.45, 7) is 2.56. The normalized spacial score (nSPS) is 10.7. The highest BCUT2D eigenvalue weighted by Gasteiger charge is 2.05. The molecule has 3 nitrogen and oxygen atoms in total. The monoisotopic (exact) mass is 268 g/mol. The van der Waals surface area contributed by atoms with Gasteiger partial charge in [0.15, 0.2) is 0 Å². The molecular weight excluding hydrogens is 252 g/mol. The minimum absolute atomic E-state index is 0.296. The highest BCUT2D eigenvalue weighted by Crippen LogP contribution is 2.17. The lowest BCUT2D eigenvalue weighted by Crippen LogP contribution is -1.98. The maximum absolute atomic E-state index is 11.1. The molecular formula is C17H16O3. The number of ether oxygens (including phenoxy) is 1. The molecule has 0 atom stereocenters. The average Bonchev–Trinajstić information content (AvgIpc) is 2.46. The summed E-state index contributed by atoms with van der Waals surface area (Å²) >= 11 is 0. The first-order chi connectivity index (χ1) is 9.70. The second-order valence-corrected chi connectivity index (χ2v) is 4.23. The third-order valence-electron chi connectivity index (χ3n) is 2.82. The van der Waals surface area contributed by atoms with E-state index >= 15 is 0 Å². The van der Waals surface area contributed by atoms with Crippen molar-refractivity contribution in [1.29, 1.82) is 0 Å². The van der Waals surface area contributed by atoms with Crippen LogP contribution in [0.5, 0.6) is 5.75 Å². The van der Waals surface area contributed by atoms with E-state index in [1.54, 1.807) is 24.3 Å². The summed E-state index contributed by atoms with van der Waals surface area (Å²) < 4.78 is 5.43. The number of rotatable bonds is 5. The molecule has 0 fully saturated rings. The number of carboxylic acid groups (broad SMARTS) is 1. The predicted octanol–water partition coefficient (Wildman–Crippen LogP) is 3.95. The lowest BCUT2D eigenvalue weighted by atomic mass is 10.1. The van der Waals surface area contributed by atoms with Gasteiger partial charge in [-0.3, -0.25) is 0 Å². The molecule has 2 aromatic carbocycles. The van der Waals surface area contributed by atoms with E-state index in [0.717, 1.165) is 11.3 Å². The highest BCUT2D eigenvalue weighted by molar-refractivity contribution is 5.93. The molecule has 102 valence electrons. The first-order valence-electron chi connectivity index (χ1n) is 6.44. The molecule has 0 amide bonds. The van der Waals surface area contributed by atoms with Gasteiger partial charge in [-0.15, -0.1) is 0 Å². The molecule has 0 saturated carbocycles. The fraction of sp³-hybridized carbons (Fsp3) is 0.118. The number of aromatic carboxylic acids is 1. The van der Waals surface area contributed by atoms with Crippen LogP contribution >= 0.6 is 0 Å². The first kappa shape index (κ1) is 13.9. The smallest absolute Gasteiger partial charge is 0.336 e. The largest absolute Gasteiger partial charge is 0.494 e. The summed E-state index contributed by atoms with van der Waals surface area (Å²) in [5, 5.41) is 9.12. The van der Waals surface area contributed by atoms with E-state index in [1.165, 1.54) is 0 Å². The molecule has 0 spiro atoms. The molecule has 2 aromatic rings. The first-order valence-corrected chi connectivity index (χ1v) is 6.44. The summed E-state index contributed by atoms with van der Waals surface area (Å²) in [5.41, 5.74) is 1.95. The van der Waals surface area contributed by atoms with Crippen LogP contribution in [0.1, 0.15) is 28.4 Å². The standard InChI is InChI=1S/C17H16O3/c1-2-20-15-8-5-6-13(12-15)10-11-14-7-3-4-9-16(14)17(18)19/h3-12H,2H2,1H3,(H,18,19). The van der Waals surface area contributed by atoms with E-state index in [1.807, 2.05) is 43.3 Å². The van der Waals surface area contributed by atoms with E-state index < -0.39 is 5.97 Å². The zero-order valence-electron chi connectivity index (χ0n) is 11.2. The van der Waals surface area contributed by atoms with Gasteiger partial charge in [-0.25, -0.2) is 4.79 Å². The van der Waals surface area contributed by atoms with E-state index in [2.05, 4.69) is 0 Å². The Morgan fingerprint density at radius 2 is 1.95 bits per heavy atom. The second-order valence-electron chi connectivity index (χ2n) is 4.23. The van der Waals surface area contributed by atoms with Gasteiger partial charge >= 0.3 is 5.97 Å². The SMILES string of the molecule is CCOc1cccc(C=Cc2ccccc2C(=O)O)c1. The predicted molar refractivity (Wildman–Crippen MR) is 79.9 cm³/mol. The van der Waals surface area contributed by atoms with Crippen molar-refractivity contribution in [2.24, 2.45) is 0 Å². The van der Waals surface area contributed by atoms with E-state index in [4.69, 9.17) is 9.84 Å². The third-order valence-corrected chi connectivity index (χ3v) is 2.82. The van der Waals surface area contributed by atoms with E-state index in [-0.39, 0.29) is 0 Å². The van der Waals surface area contributed by atoms with Crippen LogP contribution in [-0.2, 0) is 0 Å². The molecule has 20 heavy (non-hydrogen) atoms. The Kier molecular flexibility index (Phi) is 4.56. The van der Waals surface area contributed by atoms with Crippen molar-refractivity contribution in [3.63, 3.8) is 0 Å². The Bertz CT molecular complexity index is 630. The number of benzene rings is 2. The zero-order valence-corrected chi connectivity index (χ0v) is 11.2. The zero-order chi connectivity index (χ0) is 14.4. The molecule has 0 radical (unpaired) electrons. The molecule has 0 unspecified atom stereocenters. The van der Waals surface area contributed by atoms with Gasteiger partial charge in [0.05, 0.1) is 12.2 Å². The average molecular weight is 268 g/mol. The number of hydrogen-bond acceptors (Lipinski definition) is 2. The van der Waals surface area contributed by atoms with Crippen LogP contribution < -0.4 is 4.74 Å². The summed E-state index contributed by atoms with van der Waals surface area (Å²) in [7, 11) is 0. The van der Waals surface area contributed by atoms with Gasteiger partial charge < -0.3 is 9.84 Å². The number of hydrogen-bond donors (Lipinski definition) is 1. The van der Waals surface area contributed by atoms with Crippen molar-refractivity contribution in [2.45, 2.75) is 6.92 Å². The lowest BCUT2D eigenvalue weighted by Gasteiger charge is -2.03. The molecule has 0 bridgehead atoms. The molecule has 2 rings (SSSR count). The minimum Gasteiger partial charge on any atom is -0.494 e. The van der Waals surface area contributed by atoms with Crippen LogP contribution in [0.4, 0.5) is 0 Å². The van der Waals surface area contributed by atoms with Crippen molar-refractivity contribution < 1.29 is 14.6 Å². The van der Waals surface area contributed by atoms with Gasteiger partial charge in [-0.2, -0.15) is 0 Å². The van der Waals surface area contributed by atoms with Crippen LogP contribution in [0.15, 0.2) is 48.5 Å². The Labute approximate surface area is 118 Å². The lowest BCUT2D eigenvalue weighted by molar-refractivity contribution is 0.0696. The van der Waals surface area contributed by atoms with Crippen molar-refractivity contribution in [3.8, 4) is 5.75 Å². The third kappa shape index (κ3) is 3.48. The van der Waals surface area contributed by atoms with Crippen molar-refractivity contribution in [1.82, 2.24) is 0 Å². The highest BCUT2D eigenvalue weighted by atomic mass is 16.5. The number of carboxylic acids is 1. The summed E-state index contributed by atoms with van der Waals surface area (Å²) in [6.07, 6.45) is 3.68. The van der Waals surface area contributed by atoms with Crippen LogP contribution in [0.3, 0.4) is 0 Å². The molecule has 0 aliphatic heterocycles. The summed E-state index contributed by atoms with van der Waals surface area (Å²) in [4.78, 5) is 11.1. The summed E-state index contributed by atoms with van der Waals surface area (Å²) in [6, 6.07) is 14.6.